The first-order valence-corrected chi connectivity index (χ1v) is 5.85. The second-order valence-corrected chi connectivity index (χ2v) is 5.13. The standard InChI is InChI=1S/C11H10BrF3O/c12-8-5-10(6-8)16-9-3-1-2-7(4-9)11(13,14)15/h1-4,8,10H,5-6H2. The molecule has 0 amide bonds. The summed E-state index contributed by atoms with van der Waals surface area (Å²) < 4.78 is 42.6. The summed E-state index contributed by atoms with van der Waals surface area (Å²) in [7, 11) is 0. The largest absolute Gasteiger partial charge is 0.490 e. The maximum absolute atomic E-state index is 12.4. The summed E-state index contributed by atoms with van der Waals surface area (Å²) in [6.45, 7) is 0. The van der Waals surface area contributed by atoms with Gasteiger partial charge in [-0.15, -0.1) is 0 Å². The SMILES string of the molecule is FC(F)(F)c1cccc(OC2CC(Br)C2)c1. The summed E-state index contributed by atoms with van der Waals surface area (Å²) in [6.07, 6.45) is -2.59. The van der Waals surface area contributed by atoms with Crippen LogP contribution in [0.15, 0.2) is 24.3 Å². The highest BCUT2D eigenvalue weighted by molar-refractivity contribution is 9.09. The first kappa shape index (κ1) is 11.8. The van der Waals surface area contributed by atoms with Gasteiger partial charge >= 0.3 is 6.18 Å². The van der Waals surface area contributed by atoms with Gasteiger partial charge in [0, 0.05) is 4.83 Å². The van der Waals surface area contributed by atoms with Crippen LogP contribution in [0, 0.1) is 0 Å². The van der Waals surface area contributed by atoms with Crippen LogP contribution < -0.4 is 4.74 Å². The number of halogens is 4. The van der Waals surface area contributed by atoms with Crippen molar-refractivity contribution in [1.29, 1.82) is 0 Å². The van der Waals surface area contributed by atoms with Gasteiger partial charge in [0.2, 0.25) is 0 Å². The van der Waals surface area contributed by atoms with Gasteiger partial charge in [-0.3, -0.25) is 0 Å². The zero-order chi connectivity index (χ0) is 11.8. The molecule has 5 heteroatoms. The molecular weight excluding hydrogens is 285 g/mol. The zero-order valence-corrected chi connectivity index (χ0v) is 9.88. The molecule has 0 atom stereocenters. The van der Waals surface area contributed by atoms with Crippen molar-refractivity contribution in [2.24, 2.45) is 0 Å². The van der Waals surface area contributed by atoms with Crippen molar-refractivity contribution in [3.8, 4) is 5.75 Å². The minimum atomic E-state index is -4.31. The molecule has 0 radical (unpaired) electrons. The number of rotatable bonds is 2. The van der Waals surface area contributed by atoms with Crippen molar-refractivity contribution < 1.29 is 17.9 Å². The molecule has 1 fully saturated rings. The topological polar surface area (TPSA) is 9.23 Å². The summed E-state index contributed by atoms with van der Waals surface area (Å²) >= 11 is 3.40. The van der Waals surface area contributed by atoms with Gasteiger partial charge in [-0.1, -0.05) is 22.0 Å². The van der Waals surface area contributed by atoms with Crippen LogP contribution in [-0.4, -0.2) is 10.9 Å². The van der Waals surface area contributed by atoms with E-state index < -0.39 is 11.7 Å². The molecule has 2 rings (SSSR count). The maximum Gasteiger partial charge on any atom is 0.416 e. The van der Waals surface area contributed by atoms with Crippen molar-refractivity contribution >= 4 is 15.9 Å². The van der Waals surface area contributed by atoms with Crippen LogP contribution in [0.2, 0.25) is 0 Å². The Labute approximate surface area is 99.7 Å². The van der Waals surface area contributed by atoms with Crippen LogP contribution >= 0.6 is 15.9 Å². The Hall–Kier alpha value is -0.710. The van der Waals surface area contributed by atoms with Gasteiger partial charge in [-0.05, 0) is 31.0 Å². The number of ether oxygens (including phenoxy) is 1. The maximum atomic E-state index is 12.4. The normalized spacial score (nSPS) is 25.0. The predicted molar refractivity (Wildman–Crippen MR) is 57.8 cm³/mol. The molecule has 88 valence electrons. The van der Waals surface area contributed by atoms with E-state index in [1.807, 2.05) is 0 Å². The fraction of sp³-hybridized carbons (Fsp3) is 0.455. The average molecular weight is 295 g/mol. The lowest BCUT2D eigenvalue weighted by molar-refractivity contribution is -0.137. The third-order valence-electron chi connectivity index (χ3n) is 2.50. The Kier molecular flexibility index (Phi) is 3.15. The number of benzene rings is 1. The van der Waals surface area contributed by atoms with Gasteiger partial charge in [0.1, 0.15) is 11.9 Å². The first-order chi connectivity index (χ1) is 7.45. The molecule has 1 aromatic rings. The van der Waals surface area contributed by atoms with Crippen LogP contribution in [0.1, 0.15) is 18.4 Å². The van der Waals surface area contributed by atoms with E-state index in [0.717, 1.165) is 25.0 Å². The van der Waals surface area contributed by atoms with Gasteiger partial charge in [-0.2, -0.15) is 13.2 Å². The highest BCUT2D eigenvalue weighted by atomic mass is 79.9. The van der Waals surface area contributed by atoms with Crippen molar-refractivity contribution in [1.82, 2.24) is 0 Å². The number of alkyl halides is 4. The van der Waals surface area contributed by atoms with Crippen LogP contribution in [0.3, 0.4) is 0 Å². The second kappa shape index (κ2) is 4.28. The Morgan fingerprint density at radius 1 is 1.25 bits per heavy atom. The molecule has 1 saturated carbocycles. The lowest BCUT2D eigenvalue weighted by Crippen LogP contribution is -2.34. The summed E-state index contributed by atoms with van der Waals surface area (Å²) in [4.78, 5) is 0.434. The first-order valence-electron chi connectivity index (χ1n) is 4.93. The van der Waals surface area contributed by atoms with Gasteiger partial charge < -0.3 is 4.74 Å². The minimum absolute atomic E-state index is 0.0351. The summed E-state index contributed by atoms with van der Waals surface area (Å²) in [5.74, 6) is 0.291. The molecule has 1 aromatic carbocycles. The van der Waals surface area contributed by atoms with Crippen LogP contribution in [0.4, 0.5) is 13.2 Å². The van der Waals surface area contributed by atoms with Gasteiger partial charge in [-0.25, -0.2) is 0 Å². The van der Waals surface area contributed by atoms with Crippen molar-refractivity contribution in [2.75, 3.05) is 0 Å². The van der Waals surface area contributed by atoms with Gasteiger partial charge in [0.05, 0.1) is 5.56 Å². The Balaban J connectivity index is 2.05. The van der Waals surface area contributed by atoms with E-state index in [-0.39, 0.29) is 6.10 Å². The van der Waals surface area contributed by atoms with E-state index in [9.17, 15) is 13.2 Å². The van der Waals surface area contributed by atoms with Crippen LogP contribution in [0.5, 0.6) is 5.75 Å². The average Bonchev–Trinajstić information content (AvgIpc) is 2.14. The molecule has 0 N–H and O–H groups in total. The molecule has 1 aliphatic carbocycles. The molecule has 1 aliphatic rings. The molecule has 0 aliphatic heterocycles. The molecule has 16 heavy (non-hydrogen) atoms. The van der Waals surface area contributed by atoms with Crippen molar-refractivity contribution in [3.05, 3.63) is 29.8 Å². The summed E-state index contributed by atoms with van der Waals surface area (Å²) in [5, 5.41) is 0. The van der Waals surface area contributed by atoms with Crippen LogP contribution in [0.25, 0.3) is 0 Å². The molecular formula is C11H10BrF3O. The molecule has 0 heterocycles. The van der Waals surface area contributed by atoms with E-state index in [2.05, 4.69) is 15.9 Å². The van der Waals surface area contributed by atoms with E-state index >= 15 is 0 Å². The Morgan fingerprint density at radius 2 is 1.94 bits per heavy atom. The fourth-order valence-electron chi connectivity index (χ4n) is 1.54. The molecule has 0 unspecified atom stereocenters. The van der Waals surface area contributed by atoms with Crippen molar-refractivity contribution in [2.45, 2.75) is 29.9 Å². The third kappa shape index (κ3) is 2.70. The second-order valence-electron chi connectivity index (χ2n) is 3.83. The molecule has 0 aromatic heterocycles. The third-order valence-corrected chi connectivity index (χ3v) is 3.25. The lowest BCUT2D eigenvalue weighted by Gasteiger charge is -2.31. The van der Waals surface area contributed by atoms with Gasteiger partial charge in [0.15, 0.2) is 0 Å². The van der Waals surface area contributed by atoms with Gasteiger partial charge in [0.25, 0.3) is 0 Å². The van der Waals surface area contributed by atoms with E-state index in [1.165, 1.54) is 6.07 Å². The van der Waals surface area contributed by atoms with Crippen LogP contribution in [-0.2, 0) is 6.18 Å². The summed E-state index contributed by atoms with van der Waals surface area (Å²) in [5.41, 5.74) is -0.667. The fourth-order valence-corrected chi connectivity index (χ4v) is 2.37. The molecule has 0 bridgehead atoms. The molecule has 0 saturated heterocycles. The predicted octanol–water partition coefficient (Wildman–Crippen LogP) is 4.01. The summed E-state index contributed by atoms with van der Waals surface area (Å²) in [6, 6.07) is 5.00. The molecule has 1 nitrogen and oxygen atoms in total. The van der Waals surface area contributed by atoms with E-state index in [0.29, 0.717) is 10.6 Å². The lowest BCUT2D eigenvalue weighted by atomic mass is 9.96. The minimum Gasteiger partial charge on any atom is -0.490 e. The monoisotopic (exact) mass is 294 g/mol. The van der Waals surface area contributed by atoms with E-state index in [1.54, 1.807) is 6.07 Å². The smallest absolute Gasteiger partial charge is 0.416 e. The quantitative estimate of drug-likeness (QED) is 0.749. The number of hydrogen-bond donors (Lipinski definition) is 0. The molecule has 0 spiro atoms. The highest BCUT2D eigenvalue weighted by Gasteiger charge is 2.32. The Bertz CT molecular complexity index is 372. The Morgan fingerprint density at radius 3 is 2.50 bits per heavy atom. The van der Waals surface area contributed by atoms with E-state index in [4.69, 9.17) is 4.74 Å². The van der Waals surface area contributed by atoms with Crippen molar-refractivity contribution in [3.63, 3.8) is 0 Å². The zero-order valence-electron chi connectivity index (χ0n) is 8.30. The number of hydrogen-bond acceptors (Lipinski definition) is 1. The highest BCUT2D eigenvalue weighted by Crippen LogP contribution is 2.34.